The summed E-state index contributed by atoms with van der Waals surface area (Å²) in [6, 6.07) is 9.40. The summed E-state index contributed by atoms with van der Waals surface area (Å²) in [5, 5.41) is 0. The molecule has 1 saturated heterocycles. The zero-order chi connectivity index (χ0) is 13.8. The van der Waals surface area contributed by atoms with E-state index in [0.29, 0.717) is 18.6 Å². The van der Waals surface area contributed by atoms with Gasteiger partial charge in [0.15, 0.2) is 0 Å². The van der Waals surface area contributed by atoms with Crippen LogP contribution in [-0.4, -0.2) is 49.1 Å². The Morgan fingerprint density at radius 2 is 2.21 bits per heavy atom. The van der Waals surface area contributed by atoms with Gasteiger partial charge in [0.25, 0.3) is 0 Å². The number of benzene rings is 1. The molecule has 0 aliphatic carbocycles. The first kappa shape index (κ1) is 15.0. The molecule has 0 aromatic heterocycles. The fraction of sp³-hybridized carbons (Fsp3) is 0.600. The molecule has 106 valence electrons. The van der Waals surface area contributed by atoms with E-state index in [1.807, 2.05) is 0 Å². The highest BCUT2D eigenvalue weighted by Crippen LogP contribution is 2.26. The third-order valence-electron chi connectivity index (χ3n) is 3.96. The summed E-state index contributed by atoms with van der Waals surface area (Å²) in [5.74, 6) is 0. The smallest absolute Gasteiger partial charge is 0.0474 e. The zero-order valence-electron chi connectivity index (χ0n) is 11.8. The van der Waals surface area contributed by atoms with Crippen LogP contribution in [0.25, 0.3) is 0 Å². The number of hydrogen-bond acceptors (Lipinski definition) is 3. The maximum absolute atomic E-state index is 6.06. The number of halogens is 1. The molecule has 0 spiro atoms. The van der Waals surface area contributed by atoms with Crippen LogP contribution in [0.15, 0.2) is 28.7 Å². The molecule has 1 aromatic rings. The van der Waals surface area contributed by atoms with Crippen LogP contribution in [0, 0.1) is 0 Å². The van der Waals surface area contributed by atoms with Crippen molar-refractivity contribution in [2.75, 3.05) is 33.2 Å². The van der Waals surface area contributed by atoms with E-state index < -0.39 is 0 Å². The Bertz CT molecular complexity index is 410. The fourth-order valence-corrected chi connectivity index (χ4v) is 3.45. The summed E-state index contributed by atoms with van der Waals surface area (Å²) < 4.78 is 1.13. The van der Waals surface area contributed by atoms with Crippen molar-refractivity contribution in [1.82, 2.24) is 9.80 Å². The lowest BCUT2D eigenvalue weighted by Crippen LogP contribution is -2.42. The van der Waals surface area contributed by atoms with E-state index in [4.69, 9.17) is 5.73 Å². The Kier molecular flexibility index (Phi) is 5.39. The summed E-state index contributed by atoms with van der Waals surface area (Å²) in [5.41, 5.74) is 7.38. The minimum atomic E-state index is 0.319. The minimum Gasteiger partial charge on any atom is -0.329 e. The van der Waals surface area contributed by atoms with Gasteiger partial charge in [-0.1, -0.05) is 28.1 Å². The van der Waals surface area contributed by atoms with Gasteiger partial charge in [0, 0.05) is 36.2 Å². The van der Waals surface area contributed by atoms with Crippen LogP contribution in [0.2, 0.25) is 0 Å². The van der Waals surface area contributed by atoms with Crippen molar-refractivity contribution in [3.05, 3.63) is 34.3 Å². The van der Waals surface area contributed by atoms with Gasteiger partial charge in [-0.15, -0.1) is 0 Å². The van der Waals surface area contributed by atoms with Crippen molar-refractivity contribution >= 4 is 15.9 Å². The van der Waals surface area contributed by atoms with Crippen LogP contribution in [-0.2, 0) is 0 Å². The van der Waals surface area contributed by atoms with Gasteiger partial charge in [-0.25, -0.2) is 0 Å². The largest absolute Gasteiger partial charge is 0.329 e. The molecule has 1 aliphatic heterocycles. The van der Waals surface area contributed by atoms with Gasteiger partial charge in [0.05, 0.1) is 0 Å². The van der Waals surface area contributed by atoms with Gasteiger partial charge in [0.2, 0.25) is 0 Å². The molecule has 3 nitrogen and oxygen atoms in total. The summed E-state index contributed by atoms with van der Waals surface area (Å²) in [6.45, 7) is 6.40. The first-order chi connectivity index (χ1) is 9.11. The summed E-state index contributed by atoms with van der Waals surface area (Å²) in [7, 11) is 2.20. The zero-order valence-corrected chi connectivity index (χ0v) is 13.4. The first-order valence-electron chi connectivity index (χ1n) is 7.01. The average molecular weight is 326 g/mol. The third kappa shape index (κ3) is 3.78. The van der Waals surface area contributed by atoms with Crippen LogP contribution in [0.1, 0.15) is 24.9 Å². The molecule has 1 aliphatic rings. The van der Waals surface area contributed by atoms with Gasteiger partial charge >= 0.3 is 0 Å². The Labute approximate surface area is 124 Å². The van der Waals surface area contributed by atoms with Crippen molar-refractivity contribution in [1.29, 1.82) is 0 Å². The van der Waals surface area contributed by atoms with Gasteiger partial charge in [-0.3, -0.25) is 4.90 Å². The van der Waals surface area contributed by atoms with E-state index in [0.717, 1.165) is 17.6 Å². The Balaban J connectivity index is 2.20. The maximum atomic E-state index is 6.06. The second kappa shape index (κ2) is 6.84. The highest BCUT2D eigenvalue weighted by Gasteiger charge is 2.26. The lowest BCUT2D eigenvalue weighted by atomic mass is 10.0. The highest BCUT2D eigenvalue weighted by atomic mass is 79.9. The Morgan fingerprint density at radius 1 is 1.42 bits per heavy atom. The molecule has 0 amide bonds. The van der Waals surface area contributed by atoms with Gasteiger partial charge in [0.1, 0.15) is 0 Å². The van der Waals surface area contributed by atoms with Crippen molar-refractivity contribution < 1.29 is 0 Å². The molecule has 2 N–H and O–H groups in total. The van der Waals surface area contributed by atoms with Crippen LogP contribution in [0.3, 0.4) is 0 Å². The quantitative estimate of drug-likeness (QED) is 0.926. The first-order valence-corrected chi connectivity index (χ1v) is 7.81. The van der Waals surface area contributed by atoms with Crippen molar-refractivity contribution in [2.45, 2.75) is 25.4 Å². The lowest BCUT2D eigenvalue weighted by molar-refractivity contribution is 0.146. The van der Waals surface area contributed by atoms with Crippen LogP contribution in [0.5, 0.6) is 0 Å². The van der Waals surface area contributed by atoms with E-state index in [2.05, 4.69) is 64.0 Å². The molecule has 2 rings (SSSR count). The van der Waals surface area contributed by atoms with E-state index in [9.17, 15) is 0 Å². The van der Waals surface area contributed by atoms with Crippen molar-refractivity contribution in [3.63, 3.8) is 0 Å². The standard InChI is InChI=1S/C15H24BrN3/c1-12-11-18(2)7-4-8-19(12)15(10-17)13-5-3-6-14(16)9-13/h3,5-6,9,12,15H,4,7-8,10-11,17H2,1-2H3. The molecule has 2 unspecified atom stereocenters. The normalized spacial score (nSPS) is 24.1. The monoisotopic (exact) mass is 325 g/mol. The molecule has 2 atom stereocenters. The van der Waals surface area contributed by atoms with Crippen LogP contribution >= 0.6 is 15.9 Å². The Morgan fingerprint density at radius 3 is 2.89 bits per heavy atom. The van der Waals surface area contributed by atoms with Crippen LogP contribution in [0.4, 0.5) is 0 Å². The second-order valence-electron chi connectivity index (χ2n) is 5.51. The number of likely N-dealkylation sites (N-methyl/N-ethyl adjacent to an activating group) is 1. The number of nitrogens with zero attached hydrogens (tertiary/aromatic N) is 2. The van der Waals surface area contributed by atoms with Gasteiger partial charge in [-0.05, 0) is 44.6 Å². The SMILES string of the molecule is CC1CN(C)CCCN1C(CN)c1cccc(Br)c1. The molecule has 1 fully saturated rings. The lowest BCUT2D eigenvalue weighted by Gasteiger charge is -2.35. The molecule has 4 heteroatoms. The molecule has 19 heavy (non-hydrogen) atoms. The topological polar surface area (TPSA) is 32.5 Å². The van der Waals surface area contributed by atoms with E-state index in [1.54, 1.807) is 0 Å². The van der Waals surface area contributed by atoms with Crippen molar-refractivity contribution in [2.24, 2.45) is 5.73 Å². The molecule has 0 radical (unpaired) electrons. The van der Waals surface area contributed by atoms with Gasteiger partial charge in [-0.2, -0.15) is 0 Å². The highest BCUT2D eigenvalue weighted by molar-refractivity contribution is 9.10. The summed E-state index contributed by atoms with van der Waals surface area (Å²) in [6.07, 6.45) is 1.21. The summed E-state index contributed by atoms with van der Waals surface area (Å²) >= 11 is 3.56. The van der Waals surface area contributed by atoms with E-state index in [1.165, 1.54) is 18.5 Å². The minimum absolute atomic E-state index is 0.319. The molecule has 1 aromatic carbocycles. The number of hydrogen-bond donors (Lipinski definition) is 1. The van der Waals surface area contributed by atoms with Gasteiger partial charge < -0.3 is 10.6 Å². The van der Waals surface area contributed by atoms with Crippen LogP contribution < -0.4 is 5.73 Å². The second-order valence-corrected chi connectivity index (χ2v) is 6.42. The molecular formula is C15H24BrN3. The summed E-state index contributed by atoms with van der Waals surface area (Å²) in [4.78, 5) is 4.98. The van der Waals surface area contributed by atoms with Crippen molar-refractivity contribution in [3.8, 4) is 0 Å². The van der Waals surface area contributed by atoms with E-state index >= 15 is 0 Å². The maximum Gasteiger partial charge on any atom is 0.0474 e. The molecule has 0 saturated carbocycles. The van der Waals surface area contributed by atoms with E-state index in [-0.39, 0.29) is 0 Å². The third-order valence-corrected chi connectivity index (χ3v) is 4.45. The molecular weight excluding hydrogens is 302 g/mol. The average Bonchev–Trinajstić information content (AvgIpc) is 2.52. The Hall–Kier alpha value is -0.420. The molecule has 0 bridgehead atoms. The number of rotatable bonds is 3. The predicted octanol–water partition coefficient (Wildman–Crippen LogP) is 2.47. The molecule has 1 heterocycles. The number of nitrogens with two attached hydrogens (primary N) is 1. The predicted molar refractivity (Wildman–Crippen MR) is 84.2 cm³/mol. The fourth-order valence-electron chi connectivity index (χ4n) is 3.03.